The summed E-state index contributed by atoms with van der Waals surface area (Å²) in [7, 11) is 1.72. The van der Waals surface area contributed by atoms with Gasteiger partial charge in [-0.05, 0) is 38.5 Å². The second-order valence-electron chi connectivity index (χ2n) is 6.61. The number of carbonyl (C=O) groups excluding carboxylic acids is 3. The van der Waals surface area contributed by atoms with Crippen LogP contribution in [0.2, 0.25) is 0 Å². The minimum absolute atomic E-state index is 0.0608. The number of halogens is 1. The quantitative estimate of drug-likeness (QED) is 0.653. The molecule has 3 rings (SSSR count). The monoisotopic (exact) mass is 433 g/mol. The van der Waals surface area contributed by atoms with E-state index < -0.39 is 0 Å². The lowest BCUT2D eigenvalue weighted by Crippen LogP contribution is -2.32. The van der Waals surface area contributed by atoms with E-state index in [1.54, 1.807) is 30.1 Å². The summed E-state index contributed by atoms with van der Waals surface area (Å²) in [4.78, 5) is 40.0. The van der Waals surface area contributed by atoms with Crippen LogP contribution in [0.25, 0.3) is 0 Å². The first-order valence-electron chi connectivity index (χ1n) is 8.61. The molecular formula is C19H20BrN3O4. The highest BCUT2D eigenvalue weighted by molar-refractivity contribution is 9.10. The summed E-state index contributed by atoms with van der Waals surface area (Å²) in [5.41, 5.74) is 2.47. The standard InChI is InChI=1S/C19H20BrN3O4/c1-11-16(12(2)27-21-11)10-22(3)17(24)5-4-8-23-18(25)14-7-6-13(20)9-15(14)19(23)26/h6-7,9H,4-5,8,10H2,1-3H3. The molecule has 0 fully saturated rings. The van der Waals surface area contributed by atoms with Crippen LogP contribution in [-0.2, 0) is 11.3 Å². The Bertz CT molecular complexity index is 902. The molecule has 0 saturated carbocycles. The van der Waals surface area contributed by atoms with E-state index in [-0.39, 0.29) is 30.7 Å². The van der Waals surface area contributed by atoms with Gasteiger partial charge in [-0.1, -0.05) is 21.1 Å². The lowest BCUT2D eigenvalue weighted by atomic mass is 10.1. The molecule has 1 aromatic carbocycles. The molecule has 7 nitrogen and oxygen atoms in total. The van der Waals surface area contributed by atoms with Crippen LogP contribution in [0.15, 0.2) is 27.2 Å². The molecule has 0 aliphatic carbocycles. The van der Waals surface area contributed by atoms with Crippen molar-refractivity contribution in [2.24, 2.45) is 0 Å². The predicted molar refractivity (Wildman–Crippen MR) is 101 cm³/mol. The van der Waals surface area contributed by atoms with Crippen molar-refractivity contribution in [2.45, 2.75) is 33.2 Å². The van der Waals surface area contributed by atoms with E-state index in [2.05, 4.69) is 21.1 Å². The summed E-state index contributed by atoms with van der Waals surface area (Å²) in [6.45, 7) is 4.29. The van der Waals surface area contributed by atoms with E-state index in [1.165, 1.54) is 4.90 Å². The number of nitrogens with zero attached hydrogens (tertiary/aromatic N) is 3. The van der Waals surface area contributed by atoms with Crippen molar-refractivity contribution >= 4 is 33.7 Å². The van der Waals surface area contributed by atoms with Gasteiger partial charge in [0.1, 0.15) is 5.76 Å². The first kappa shape index (κ1) is 19.3. The Morgan fingerprint density at radius 1 is 1.22 bits per heavy atom. The normalized spacial score (nSPS) is 13.3. The Hall–Kier alpha value is -2.48. The molecule has 1 aliphatic heterocycles. The Labute approximate surface area is 165 Å². The topological polar surface area (TPSA) is 83.7 Å². The number of hydrogen-bond donors (Lipinski definition) is 0. The summed E-state index contributed by atoms with van der Waals surface area (Å²) in [5, 5.41) is 3.89. The number of imide groups is 1. The largest absolute Gasteiger partial charge is 0.361 e. The third-order valence-corrected chi connectivity index (χ3v) is 5.20. The summed E-state index contributed by atoms with van der Waals surface area (Å²) >= 11 is 3.31. The van der Waals surface area contributed by atoms with Crippen LogP contribution in [0, 0.1) is 13.8 Å². The van der Waals surface area contributed by atoms with E-state index in [0.29, 0.717) is 29.9 Å². The van der Waals surface area contributed by atoms with E-state index in [4.69, 9.17) is 4.52 Å². The van der Waals surface area contributed by atoms with Gasteiger partial charge in [0.2, 0.25) is 5.91 Å². The number of aryl methyl sites for hydroxylation is 2. The van der Waals surface area contributed by atoms with Crippen LogP contribution in [0.1, 0.15) is 50.6 Å². The van der Waals surface area contributed by atoms with Crippen molar-refractivity contribution < 1.29 is 18.9 Å². The molecule has 8 heteroatoms. The highest BCUT2D eigenvalue weighted by Crippen LogP contribution is 2.26. The van der Waals surface area contributed by atoms with Crippen LogP contribution < -0.4 is 0 Å². The zero-order chi connectivity index (χ0) is 19.7. The summed E-state index contributed by atoms with van der Waals surface area (Å²) in [5.74, 6) is 0.0190. The number of aromatic nitrogens is 1. The summed E-state index contributed by atoms with van der Waals surface area (Å²) < 4.78 is 5.86. The fourth-order valence-corrected chi connectivity index (χ4v) is 3.46. The predicted octanol–water partition coefficient (Wildman–Crippen LogP) is 3.09. The van der Waals surface area contributed by atoms with Crippen LogP contribution in [0.3, 0.4) is 0 Å². The molecule has 0 atom stereocenters. The number of amides is 3. The molecule has 0 unspecified atom stereocenters. The first-order chi connectivity index (χ1) is 12.8. The van der Waals surface area contributed by atoms with Crippen molar-refractivity contribution in [1.82, 2.24) is 15.0 Å². The van der Waals surface area contributed by atoms with Crippen LogP contribution in [0.4, 0.5) is 0 Å². The second kappa shape index (κ2) is 7.64. The molecule has 0 radical (unpaired) electrons. The molecule has 0 N–H and O–H groups in total. The molecule has 2 aromatic rings. The van der Waals surface area contributed by atoms with Gasteiger partial charge >= 0.3 is 0 Å². The highest BCUT2D eigenvalue weighted by Gasteiger charge is 2.35. The Kier molecular flexibility index (Phi) is 5.46. The number of benzene rings is 1. The molecule has 0 saturated heterocycles. The minimum Gasteiger partial charge on any atom is -0.361 e. The Morgan fingerprint density at radius 3 is 2.59 bits per heavy atom. The third kappa shape index (κ3) is 3.80. The Balaban J connectivity index is 1.55. The molecule has 27 heavy (non-hydrogen) atoms. The van der Waals surface area contributed by atoms with Gasteiger partial charge in [0.25, 0.3) is 11.8 Å². The van der Waals surface area contributed by atoms with Gasteiger partial charge < -0.3 is 9.42 Å². The van der Waals surface area contributed by atoms with Crippen molar-refractivity contribution in [1.29, 1.82) is 0 Å². The summed E-state index contributed by atoms with van der Waals surface area (Å²) in [6.07, 6.45) is 0.661. The summed E-state index contributed by atoms with van der Waals surface area (Å²) in [6, 6.07) is 5.03. The van der Waals surface area contributed by atoms with Gasteiger partial charge in [0, 0.05) is 30.0 Å². The van der Waals surface area contributed by atoms with Gasteiger partial charge in [-0.15, -0.1) is 0 Å². The van der Waals surface area contributed by atoms with Gasteiger partial charge in [0.05, 0.1) is 23.4 Å². The lowest BCUT2D eigenvalue weighted by molar-refractivity contribution is -0.130. The van der Waals surface area contributed by atoms with Gasteiger partial charge in [-0.25, -0.2) is 0 Å². The van der Waals surface area contributed by atoms with Crippen molar-refractivity contribution in [2.75, 3.05) is 13.6 Å². The van der Waals surface area contributed by atoms with Gasteiger partial charge in [-0.3, -0.25) is 19.3 Å². The maximum atomic E-state index is 12.4. The van der Waals surface area contributed by atoms with Crippen molar-refractivity contribution in [3.8, 4) is 0 Å². The smallest absolute Gasteiger partial charge is 0.261 e. The average Bonchev–Trinajstić information content (AvgIpc) is 3.06. The Morgan fingerprint density at radius 2 is 1.93 bits per heavy atom. The molecule has 3 amide bonds. The van der Waals surface area contributed by atoms with Crippen LogP contribution >= 0.6 is 15.9 Å². The number of carbonyl (C=O) groups is 3. The zero-order valence-electron chi connectivity index (χ0n) is 15.4. The highest BCUT2D eigenvalue weighted by atomic mass is 79.9. The molecule has 2 heterocycles. The number of hydrogen-bond acceptors (Lipinski definition) is 5. The SMILES string of the molecule is Cc1noc(C)c1CN(C)C(=O)CCCN1C(=O)c2ccc(Br)cc2C1=O. The average molecular weight is 434 g/mol. The molecule has 1 aliphatic rings. The second-order valence-corrected chi connectivity index (χ2v) is 7.52. The maximum Gasteiger partial charge on any atom is 0.261 e. The van der Waals surface area contributed by atoms with Crippen LogP contribution in [0.5, 0.6) is 0 Å². The molecule has 142 valence electrons. The van der Waals surface area contributed by atoms with E-state index in [0.717, 1.165) is 15.7 Å². The zero-order valence-corrected chi connectivity index (χ0v) is 17.0. The first-order valence-corrected chi connectivity index (χ1v) is 9.40. The fourth-order valence-electron chi connectivity index (χ4n) is 3.10. The van der Waals surface area contributed by atoms with E-state index in [9.17, 15) is 14.4 Å². The van der Waals surface area contributed by atoms with E-state index >= 15 is 0 Å². The molecule has 1 aromatic heterocycles. The van der Waals surface area contributed by atoms with Gasteiger partial charge in [0.15, 0.2) is 0 Å². The van der Waals surface area contributed by atoms with Crippen molar-refractivity contribution in [3.63, 3.8) is 0 Å². The number of fused-ring (bicyclic) bond motifs is 1. The maximum absolute atomic E-state index is 12.4. The van der Waals surface area contributed by atoms with E-state index in [1.807, 2.05) is 13.8 Å². The lowest BCUT2D eigenvalue weighted by Gasteiger charge is -2.18. The van der Waals surface area contributed by atoms with Gasteiger partial charge in [-0.2, -0.15) is 0 Å². The minimum atomic E-state index is -0.312. The number of rotatable bonds is 6. The van der Waals surface area contributed by atoms with Crippen LogP contribution in [-0.4, -0.2) is 46.3 Å². The van der Waals surface area contributed by atoms with Crippen molar-refractivity contribution in [3.05, 3.63) is 50.8 Å². The molecule has 0 spiro atoms. The molecule has 0 bridgehead atoms. The fraction of sp³-hybridized carbons (Fsp3) is 0.368. The molecular weight excluding hydrogens is 414 g/mol. The third-order valence-electron chi connectivity index (χ3n) is 4.71.